The van der Waals surface area contributed by atoms with E-state index in [0.29, 0.717) is 28.1 Å². The summed E-state index contributed by atoms with van der Waals surface area (Å²) in [5.41, 5.74) is -1.04. The highest BCUT2D eigenvalue weighted by molar-refractivity contribution is 7.92. The van der Waals surface area contributed by atoms with Gasteiger partial charge in [-0.05, 0) is 56.2 Å². The molecular weight excluding hydrogens is 547 g/mol. The first-order valence-corrected chi connectivity index (χ1v) is 13.9. The lowest BCUT2D eigenvalue weighted by molar-refractivity contribution is -0.139. The van der Waals surface area contributed by atoms with Gasteiger partial charge in [0.2, 0.25) is 21.8 Å². The number of hydrogen-bond acceptors (Lipinski definition) is 5. The monoisotopic (exact) mass is 577 g/mol. The zero-order valence-electron chi connectivity index (χ0n) is 21.7. The molecule has 0 aliphatic heterocycles. The molecule has 2 atom stereocenters. The summed E-state index contributed by atoms with van der Waals surface area (Å²) in [7, 11) is -2.75. The Morgan fingerprint density at radius 2 is 1.79 bits per heavy atom. The molecule has 0 aliphatic carbocycles. The van der Waals surface area contributed by atoms with Gasteiger partial charge in [0.05, 0.1) is 29.6 Å². The molecule has 0 unspecified atom stereocenters. The molecule has 38 heavy (non-hydrogen) atoms. The van der Waals surface area contributed by atoms with E-state index in [9.17, 15) is 31.2 Å². The normalized spacial score (nSPS) is 13.4. The van der Waals surface area contributed by atoms with Crippen LogP contribution in [0.4, 0.5) is 18.9 Å². The third kappa shape index (κ3) is 8.26. The van der Waals surface area contributed by atoms with Crippen LogP contribution >= 0.6 is 11.6 Å². The summed E-state index contributed by atoms with van der Waals surface area (Å²) in [4.78, 5) is 27.6. The van der Waals surface area contributed by atoms with Gasteiger partial charge < -0.3 is 15.0 Å². The Morgan fingerprint density at radius 3 is 2.34 bits per heavy atom. The van der Waals surface area contributed by atoms with Crippen molar-refractivity contribution in [3.8, 4) is 5.75 Å². The molecule has 13 heteroatoms. The van der Waals surface area contributed by atoms with E-state index in [4.69, 9.17) is 16.3 Å². The van der Waals surface area contributed by atoms with Crippen LogP contribution in [0.5, 0.6) is 5.75 Å². The van der Waals surface area contributed by atoms with Crippen molar-refractivity contribution in [3.05, 3.63) is 58.6 Å². The number of benzene rings is 2. The summed E-state index contributed by atoms with van der Waals surface area (Å²) >= 11 is 5.68. The van der Waals surface area contributed by atoms with Gasteiger partial charge in [-0.25, -0.2) is 8.42 Å². The maximum absolute atomic E-state index is 13.5. The zero-order chi connectivity index (χ0) is 28.8. The number of amides is 2. The highest BCUT2D eigenvalue weighted by atomic mass is 35.5. The Kier molecular flexibility index (Phi) is 10.4. The molecule has 0 aromatic heterocycles. The summed E-state index contributed by atoms with van der Waals surface area (Å²) in [5, 5.41) is 2.17. The van der Waals surface area contributed by atoms with Crippen molar-refractivity contribution in [2.24, 2.45) is 0 Å². The number of nitrogens with zero attached hydrogens (tertiary/aromatic N) is 2. The van der Waals surface area contributed by atoms with Gasteiger partial charge in [-0.3, -0.25) is 13.9 Å². The van der Waals surface area contributed by atoms with Crippen LogP contribution < -0.4 is 14.4 Å². The van der Waals surface area contributed by atoms with Crippen molar-refractivity contribution < 1.29 is 35.9 Å². The van der Waals surface area contributed by atoms with Gasteiger partial charge in [0.25, 0.3) is 0 Å². The van der Waals surface area contributed by atoms with Crippen LogP contribution in [0.3, 0.4) is 0 Å². The molecule has 2 aromatic carbocycles. The second-order valence-electron chi connectivity index (χ2n) is 8.80. The van der Waals surface area contributed by atoms with E-state index < -0.39 is 56.9 Å². The minimum absolute atomic E-state index is 0.0862. The van der Waals surface area contributed by atoms with Gasteiger partial charge in [-0.1, -0.05) is 30.7 Å². The maximum atomic E-state index is 13.5. The van der Waals surface area contributed by atoms with E-state index in [1.54, 1.807) is 31.2 Å². The standard InChI is InChI=1S/C25H31ClF3N3O5S/c1-6-16(2)30-24(34)17(3)31(14-18-8-7-9-20(12-18)37-4)23(33)15-32(38(5,35)36)19-10-11-22(26)21(13-19)25(27,28)29/h7-13,16-17H,6,14-15H2,1-5H3,(H,30,34)/t16-,17+/m0/s1. The topological polar surface area (TPSA) is 96.0 Å². The summed E-state index contributed by atoms with van der Waals surface area (Å²) in [6, 6.07) is 8.10. The minimum atomic E-state index is -4.85. The molecule has 0 saturated carbocycles. The summed E-state index contributed by atoms with van der Waals surface area (Å²) in [6.45, 7) is 4.23. The summed E-state index contributed by atoms with van der Waals surface area (Å²) in [5.74, 6) is -0.758. The number of halogens is 4. The summed E-state index contributed by atoms with van der Waals surface area (Å²) in [6.07, 6.45) is -3.43. The number of anilines is 1. The first kappa shape index (κ1) is 31.2. The second kappa shape index (κ2) is 12.7. The van der Waals surface area contributed by atoms with Crippen LogP contribution in [-0.4, -0.2) is 57.1 Å². The molecule has 2 rings (SSSR count). The Hall–Kier alpha value is -2.99. The summed E-state index contributed by atoms with van der Waals surface area (Å²) < 4.78 is 71.3. The van der Waals surface area contributed by atoms with Gasteiger partial charge in [-0.15, -0.1) is 0 Å². The van der Waals surface area contributed by atoms with Crippen molar-refractivity contribution in [2.75, 3.05) is 24.2 Å². The molecule has 210 valence electrons. The molecular formula is C25H31ClF3N3O5S. The zero-order valence-corrected chi connectivity index (χ0v) is 23.2. The van der Waals surface area contributed by atoms with E-state index in [0.717, 1.165) is 18.4 Å². The van der Waals surface area contributed by atoms with Gasteiger partial charge in [0.15, 0.2) is 0 Å². The minimum Gasteiger partial charge on any atom is -0.497 e. The van der Waals surface area contributed by atoms with Crippen molar-refractivity contribution in [2.45, 2.75) is 52.0 Å². The SMILES string of the molecule is CC[C@H](C)NC(=O)[C@@H](C)N(Cc1cccc(OC)c1)C(=O)CN(c1ccc(Cl)c(C(F)(F)F)c1)S(C)(=O)=O. The third-order valence-corrected chi connectivity index (χ3v) is 7.35. The molecule has 8 nitrogen and oxygen atoms in total. The largest absolute Gasteiger partial charge is 0.497 e. The van der Waals surface area contributed by atoms with E-state index in [-0.39, 0.29) is 12.6 Å². The Bertz CT molecular complexity index is 1260. The first-order chi connectivity index (χ1) is 17.6. The van der Waals surface area contributed by atoms with E-state index >= 15 is 0 Å². The molecule has 0 radical (unpaired) electrons. The van der Waals surface area contributed by atoms with Crippen LogP contribution in [0, 0.1) is 0 Å². The van der Waals surface area contributed by atoms with Crippen molar-refractivity contribution in [1.29, 1.82) is 0 Å². The Morgan fingerprint density at radius 1 is 1.13 bits per heavy atom. The number of nitrogens with one attached hydrogen (secondary N) is 1. The number of rotatable bonds is 11. The average Bonchev–Trinajstić information content (AvgIpc) is 2.84. The fourth-order valence-electron chi connectivity index (χ4n) is 3.51. The molecule has 0 spiro atoms. The number of alkyl halides is 3. The highest BCUT2D eigenvalue weighted by Gasteiger charge is 2.35. The van der Waals surface area contributed by atoms with E-state index in [2.05, 4.69) is 5.32 Å². The number of hydrogen-bond donors (Lipinski definition) is 1. The predicted octanol–water partition coefficient (Wildman–Crippen LogP) is 4.47. The third-order valence-electron chi connectivity index (χ3n) is 5.88. The van der Waals surface area contributed by atoms with Crippen molar-refractivity contribution in [3.63, 3.8) is 0 Å². The predicted molar refractivity (Wildman–Crippen MR) is 140 cm³/mol. The van der Waals surface area contributed by atoms with Gasteiger partial charge in [0, 0.05) is 12.6 Å². The van der Waals surface area contributed by atoms with Crippen molar-refractivity contribution >= 4 is 39.1 Å². The fraction of sp³-hybridized carbons (Fsp3) is 0.440. The lowest BCUT2D eigenvalue weighted by Crippen LogP contribution is -2.52. The van der Waals surface area contributed by atoms with Crippen LogP contribution in [-0.2, 0) is 32.3 Å². The quantitative estimate of drug-likeness (QED) is 0.425. The number of sulfonamides is 1. The molecule has 0 saturated heterocycles. The molecule has 0 aliphatic rings. The lowest BCUT2D eigenvalue weighted by Gasteiger charge is -2.32. The molecule has 1 N–H and O–H groups in total. The number of carbonyl (C=O) groups is 2. The van der Waals surface area contributed by atoms with Gasteiger partial charge in [0.1, 0.15) is 18.3 Å². The van der Waals surface area contributed by atoms with E-state index in [1.165, 1.54) is 18.9 Å². The maximum Gasteiger partial charge on any atom is 0.417 e. The lowest BCUT2D eigenvalue weighted by atomic mass is 10.1. The first-order valence-electron chi connectivity index (χ1n) is 11.7. The van der Waals surface area contributed by atoms with Crippen LogP contribution in [0.25, 0.3) is 0 Å². The average molecular weight is 578 g/mol. The molecule has 2 aromatic rings. The smallest absolute Gasteiger partial charge is 0.417 e. The Balaban J connectivity index is 2.49. The van der Waals surface area contributed by atoms with Crippen LogP contribution in [0.2, 0.25) is 5.02 Å². The molecule has 0 heterocycles. The van der Waals surface area contributed by atoms with Crippen molar-refractivity contribution in [1.82, 2.24) is 10.2 Å². The van der Waals surface area contributed by atoms with Crippen LogP contribution in [0.15, 0.2) is 42.5 Å². The van der Waals surface area contributed by atoms with Gasteiger partial charge in [-0.2, -0.15) is 13.2 Å². The molecule has 2 amide bonds. The highest BCUT2D eigenvalue weighted by Crippen LogP contribution is 2.37. The van der Waals surface area contributed by atoms with Crippen LogP contribution in [0.1, 0.15) is 38.3 Å². The van der Waals surface area contributed by atoms with E-state index in [1.807, 2.05) is 6.92 Å². The molecule has 0 fully saturated rings. The molecule has 0 bridgehead atoms. The number of methoxy groups -OCH3 is 1. The van der Waals surface area contributed by atoms with Gasteiger partial charge >= 0.3 is 6.18 Å². The number of carbonyl (C=O) groups excluding carboxylic acids is 2. The second-order valence-corrected chi connectivity index (χ2v) is 11.1. The Labute approximate surface area is 225 Å². The number of ether oxygens (including phenoxy) is 1. The fourth-order valence-corrected chi connectivity index (χ4v) is 4.58.